The molecule has 2 heterocycles. The van der Waals surface area contributed by atoms with Crippen LogP contribution >= 0.6 is 0 Å². The molecule has 12 heteroatoms. The zero-order valence-electron chi connectivity index (χ0n) is 16.6. The maximum atomic E-state index is 11.1. The van der Waals surface area contributed by atoms with Gasteiger partial charge in [0.05, 0.1) is 23.1 Å². The van der Waals surface area contributed by atoms with Gasteiger partial charge in [0.2, 0.25) is 0 Å². The van der Waals surface area contributed by atoms with Crippen LogP contribution in [0.2, 0.25) is 0 Å². The number of ether oxygens (including phenoxy) is 4. The molecular formula is C20H20N2O10. The van der Waals surface area contributed by atoms with Crippen molar-refractivity contribution >= 4 is 11.4 Å². The van der Waals surface area contributed by atoms with Crippen LogP contribution < -0.4 is 0 Å². The molecule has 4 rings (SSSR count). The van der Waals surface area contributed by atoms with Gasteiger partial charge < -0.3 is 29.2 Å². The summed E-state index contributed by atoms with van der Waals surface area (Å²) in [6.07, 6.45) is -6.87. The summed E-state index contributed by atoms with van der Waals surface area (Å²) in [6.45, 7) is -0.494. The second-order valence-corrected chi connectivity index (χ2v) is 7.37. The van der Waals surface area contributed by atoms with Crippen LogP contribution in [0.4, 0.5) is 11.4 Å². The Morgan fingerprint density at radius 3 is 1.53 bits per heavy atom. The normalized spacial score (nSPS) is 30.6. The fourth-order valence-electron chi connectivity index (χ4n) is 3.62. The third-order valence-corrected chi connectivity index (χ3v) is 5.19. The Morgan fingerprint density at radius 1 is 0.750 bits per heavy atom. The van der Waals surface area contributed by atoms with Crippen LogP contribution in [0.3, 0.4) is 0 Å². The molecular weight excluding hydrogens is 428 g/mol. The highest BCUT2D eigenvalue weighted by molar-refractivity contribution is 5.35. The van der Waals surface area contributed by atoms with Crippen LogP contribution in [-0.2, 0) is 18.9 Å². The number of nitrogens with zero attached hydrogens (tertiary/aromatic N) is 2. The second-order valence-electron chi connectivity index (χ2n) is 7.37. The van der Waals surface area contributed by atoms with E-state index in [4.69, 9.17) is 18.9 Å². The first-order valence-electron chi connectivity index (χ1n) is 9.72. The first kappa shape index (κ1) is 22.2. The molecule has 2 aromatic carbocycles. The van der Waals surface area contributed by atoms with E-state index in [0.29, 0.717) is 11.1 Å². The van der Waals surface area contributed by atoms with Crippen molar-refractivity contribution in [2.24, 2.45) is 0 Å². The van der Waals surface area contributed by atoms with Gasteiger partial charge in [-0.05, 0) is 0 Å². The molecule has 32 heavy (non-hydrogen) atoms. The van der Waals surface area contributed by atoms with E-state index in [1.807, 2.05) is 0 Å². The third-order valence-electron chi connectivity index (χ3n) is 5.19. The van der Waals surface area contributed by atoms with Crippen molar-refractivity contribution in [3.63, 3.8) is 0 Å². The molecule has 2 aliphatic rings. The van der Waals surface area contributed by atoms with Gasteiger partial charge in [0.1, 0.15) is 24.4 Å². The van der Waals surface area contributed by atoms with Crippen LogP contribution in [-0.4, -0.2) is 57.7 Å². The Labute approximate surface area is 181 Å². The molecule has 0 aromatic heterocycles. The Hall–Kier alpha value is -3.00. The zero-order chi connectivity index (χ0) is 22.8. The van der Waals surface area contributed by atoms with E-state index in [2.05, 4.69) is 0 Å². The molecule has 2 aliphatic heterocycles. The van der Waals surface area contributed by atoms with Gasteiger partial charge in [0, 0.05) is 35.4 Å². The van der Waals surface area contributed by atoms with Crippen molar-refractivity contribution in [1.29, 1.82) is 0 Å². The molecule has 0 bridgehead atoms. The van der Waals surface area contributed by atoms with E-state index < -0.39 is 46.8 Å². The summed E-state index contributed by atoms with van der Waals surface area (Å²) >= 11 is 0. The lowest BCUT2D eigenvalue weighted by Crippen LogP contribution is -2.46. The number of hydrogen-bond acceptors (Lipinski definition) is 10. The van der Waals surface area contributed by atoms with Crippen molar-refractivity contribution in [3.8, 4) is 0 Å². The number of nitro groups is 2. The van der Waals surface area contributed by atoms with Gasteiger partial charge in [-0.3, -0.25) is 20.2 Å². The van der Waals surface area contributed by atoms with Crippen molar-refractivity contribution in [2.75, 3.05) is 13.2 Å². The van der Waals surface area contributed by atoms with Gasteiger partial charge in [-0.2, -0.15) is 0 Å². The minimum atomic E-state index is -1.23. The summed E-state index contributed by atoms with van der Waals surface area (Å²) in [5.41, 5.74) is 0.338. The van der Waals surface area contributed by atoms with E-state index in [1.54, 1.807) is 12.1 Å². The van der Waals surface area contributed by atoms with Gasteiger partial charge in [0.25, 0.3) is 11.4 Å². The van der Waals surface area contributed by atoms with Crippen LogP contribution in [0.15, 0.2) is 48.5 Å². The Morgan fingerprint density at radius 2 is 1.16 bits per heavy atom. The molecule has 2 unspecified atom stereocenters. The minimum Gasteiger partial charge on any atom is -0.388 e. The smallest absolute Gasteiger partial charge is 0.269 e. The predicted octanol–water partition coefficient (Wildman–Crippen LogP) is 1.75. The van der Waals surface area contributed by atoms with E-state index in [1.165, 1.54) is 36.4 Å². The standard InChI is InChI=1S/C20H20N2O10/c23-15-9-29-19(11-3-1-5-13(7-11)21(25)26)31-17-16(24)10-30-20(32-18(15)17)12-4-2-6-14(8-12)22(27)28/h1-8,15-20,23-24H,9-10H2/t15-,16+,17-,18-,19?,20?/m1/s1. The molecule has 0 amide bonds. The highest BCUT2D eigenvalue weighted by atomic mass is 16.7. The summed E-state index contributed by atoms with van der Waals surface area (Å²) < 4.78 is 22.9. The van der Waals surface area contributed by atoms with Crippen LogP contribution in [0, 0.1) is 20.2 Å². The zero-order valence-corrected chi connectivity index (χ0v) is 16.6. The fourth-order valence-corrected chi connectivity index (χ4v) is 3.62. The molecule has 0 radical (unpaired) electrons. The van der Waals surface area contributed by atoms with Crippen LogP contribution in [0.25, 0.3) is 0 Å². The number of non-ortho nitro benzene ring substituents is 2. The lowest BCUT2D eigenvalue weighted by atomic mass is 10.0. The number of hydrogen-bond donors (Lipinski definition) is 2. The number of benzene rings is 2. The Balaban J connectivity index is 1.59. The predicted molar refractivity (Wildman–Crippen MR) is 105 cm³/mol. The Bertz CT molecular complexity index is 922. The van der Waals surface area contributed by atoms with E-state index in [-0.39, 0.29) is 24.6 Å². The topological polar surface area (TPSA) is 164 Å². The average Bonchev–Trinajstić information content (AvgIpc) is 3.05. The maximum Gasteiger partial charge on any atom is 0.269 e. The van der Waals surface area contributed by atoms with Gasteiger partial charge in [-0.1, -0.05) is 24.3 Å². The number of aliphatic hydroxyl groups excluding tert-OH is 2. The highest BCUT2D eigenvalue weighted by Gasteiger charge is 2.45. The summed E-state index contributed by atoms with van der Waals surface area (Å²) in [6, 6.07) is 11.3. The maximum absolute atomic E-state index is 11.1. The summed E-state index contributed by atoms with van der Waals surface area (Å²) in [4.78, 5) is 21.1. The molecule has 0 spiro atoms. The van der Waals surface area contributed by atoms with E-state index >= 15 is 0 Å². The van der Waals surface area contributed by atoms with E-state index in [0.717, 1.165) is 0 Å². The molecule has 12 nitrogen and oxygen atoms in total. The molecule has 2 N–H and O–H groups in total. The van der Waals surface area contributed by atoms with Gasteiger partial charge in [0.15, 0.2) is 12.6 Å². The van der Waals surface area contributed by atoms with Gasteiger partial charge in [-0.25, -0.2) is 0 Å². The van der Waals surface area contributed by atoms with Crippen LogP contribution in [0.5, 0.6) is 0 Å². The average molecular weight is 448 g/mol. The molecule has 0 aliphatic carbocycles. The first-order valence-corrected chi connectivity index (χ1v) is 9.72. The van der Waals surface area contributed by atoms with Gasteiger partial charge in [-0.15, -0.1) is 0 Å². The van der Waals surface area contributed by atoms with E-state index in [9.17, 15) is 30.4 Å². The van der Waals surface area contributed by atoms with Crippen molar-refractivity contribution in [1.82, 2.24) is 0 Å². The lowest BCUT2D eigenvalue weighted by molar-refractivity contribution is -0.385. The Kier molecular flexibility index (Phi) is 6.41. The first-order chi connectivity index (χ1) is 15.3. The minimum absolute atomic E-state index is 0.164. The fraction of sp³-hybridized carbons (Fsp3) is 0.400. The lowest BCUT2D eigenvalue weighted by Gasteiger charge is -2.29. The largest absolute Gasteiger partial charge is 0.388 e. The van der Waals surface area contributed by atoms with Gasteiger partial charge >= 0.3 is 0 Å². The molecule has 170 valence electrons. The molecule has 2 fully saturated rings. The monoisotopic (exact) mass is 448 g/mol. The molecule has 2 aromatic rings. The third kappa shape index (κ3) is 4.60. The van der Waals surface area contributed by atoms with Crippen molar-refractivity contribution in [3.05, 3.63) is 79.9 Å². The SMILES string of the molecule is O=[N+]([O-])c1cccc(C2OC[C@H](O)[C@H]3OC(c4cccc([N+](=O)[O-])c4)OC[C@@H](O)[C@H]3O2)c1. The summed E-state index contributed by atoms with van der Waals surface area (Å²) in [5.74, 6) is 0. The number of fused-ring (bicyclic) bond motifs is 1. The number of rotatable bonds is 4. The number of aliphatic hydroxyl groups is 2. The summed E-state index contributed by atoms with van der Waals surface area (Å²) in [5, 5.41) is 43.4. The molecule has 2 saturated heterocycles. The highest BCUT2D eigenvalue weighted by Crippen LogP contribution is 2.36. The quantitative estimate of drug-likeness (QED) is 0.520. The van der Waals surface area contributed by atoms with Crippen molar-refractivity contribution in [2.45, 2.75) is 37.0 Å². The second kappa shape index (κ2) is 9.24. The van der Waals surface area contributed by atoms with Crippen LogP contribution in [0.1, 0.15) is 23.7 Å². The summed E-state index contributed by atoms with van der Waals surface area (Å²) in [7, 11) is 0. The number of nitro benzene ring substituents is 2. The van der Waals surface area contributed by atoms with Crippen molar-refractivity contribution < 1.29 is 39.0 Å². The molecule has 6 atom stereocenters. The molecule has 0 saturated carbocycles.